The summed E-state index contributed by atoms with van der Waals surface area (Å²) >= 11 is 0. The van der Waals surface area contributed by atoms with Crippen LogP contribution in [-0.2, 0) is 9.53 Å². The van der Waals surface area contributed by atoms with Gasteiger partial charge in [0.25, 0.3) is 5.91 Å². The van der Waals surface area contributed by atoms with Gasteiger partial charge in [-0.15, -0.1) is 0 Å². The van der Waals surface area contributed by atoms with E-state index in [4.69, 9.17) is 14.2 Å². The molecule has 0 heterocycles. The third-order valence-electron chi connectivity index (χ3n) is 4.05. The van der Waals surface area contributed by atoms with Gasteiger partial charge in [-0.3, -0.25) is 4.79 Å². The summed E-state index contributed by atoms with van der Waals surface area (Å²) in [5.74, 6) is 1.68. The smallest absolute Gasteiger partial charge is 0.265 e. The number of rotatable bonds is 10. The van der Waals surface area contributed by atoms with Gasteiger partial charge >= 0.3 is 0 Å². The molecule has 0 bridgehead atoms. The number of benzene rings is 2. The molecule has 2 aromatic carbocycles. The van der Waals surface area contributed by atoms with E-state index in [9.17, 15) is 4.79 Å². The fourth-order valence-corrected chi connectivity index (χ4v) is 2.43. The third kappa shape index (κ3) is 6.94. The van der Waals surface area contributed by atoms with Gasteiger partial charge in [0.1, 0.15) is 18.1 Å². The predicted molar refractivity (Wildman–Crippen MR) is 108 cm³/mol. The molecule has 5 heteroatoms. The summed E-state index contributed by atoms with van der Waals surface area (Å²) in [6, 6.07) is 15.1. The molecule has 0 aromatic heterocycles. The van der Waals surface area contributed by atoms with Crippen LogP contribution in [0.3, 0.4) is 0 Å². The van der Waals surface area contributed by atoms with Crippen molar-refractivity contribution >= 4 is 11.6 Å². The first-order chi connectivity index (χ1) is 13.0. The van der Waals surface area contributed by atoms with Crippen LogP contribution < -0.4 is 14.8 Å². The Morgan fingerprint density at radius 1 is 0.926 bits per heavy atom. The van der Waals surface area contributed by atoms with E-state index in [2.05, 4.69) is 19.2 Å². The zero-order valence-electron chi connectivity index (χ0n) is 16.5. The lowest BCUT2D eigenvalue weighted by Gasteiger charge is -2.16. The Bertz CT molecular complexity index is 695. The molecule has 2 aromatic rings. The highest BCUT2D eigenvalue weighted by atomic mass is 16.5. The summed E-state index contributed by atoms with van der Waals surface area (Å²) in [7, 11) is 0. The Morgan fingerprint density at radius 3 is 2.15 bits per heavy atom. The zero-order valence-corrected chi connectivity index (χ0v) is 16.5. The van der Waals surface area contributed by atoms with Gasteiger partial charge in [-0.1, -0.05) is 26.0 Å². The van der Waals surface area contributed by atoms with Crippen LogP contribution in [0, 0.1) is 0 Å². The lowest BCUT2D eigenvalue weighted by atomic mass is 10.0. The Balaban J connectivity index is 1.82. The number of amides is 1. The minimum absolute atomic E-state index is 0.201. The molecule has 0 saturated heterocycles. The van der Waals surface area contributed by atoms with Gasteiger partial charge in [-0.2, -0.15) is 0 Å². The first-order valence-corrected chi connectivity index (χ1v) is 9.37. The summed E-state index contributed by atoms with van der Waals surface area (Å²) in [6.45, 7) is 9.70. The van der Waals surface area contributed by atoms with E-state index in [0.29, 0.717) is 37.2 Å². The summed E-state index contributed by atoms with van der Waals surface area (Å²) in [4.78, 5) is 12.3. The van der Waals surface area contributed by atoms with Crippen LogP contribution in [-0.4, -0.2) is 31.8 Å². The fraction of sp³-hybridized carbons (Fsp3) is 0.409. The Morgan fingerprint density at radius 2 is 1.56 bits per heavy atom. The number of ether oxygens (including phenoxy) is 3. The fourth-order valence-electron chi connectivity index (χ4n) is 2.43. The molecule has 1 unspecified atom stereocenters. The molecule has 5 nitrogen and oxygen atoms in total. The van der Waals surface area contributed by atoms with Crippen molar-refractivity contribution < 1.29 is 19.0 Å². The van der Waals surface area contributed by atoms with Crippen LogP contribution in [0.15, 0.2) is 48.5 Å². The molecule has 1 amide bonds. The molecule has 0 aliphatic carbocycles. The van der Waals surface area contributed by atoms with Crippen molar-refractivity contribution in [3.63, 3.8) is 0 Å². The predicted octanol–water partition coefficient (Wildman–Crippen LogP) is 4.63. The molecule has 2 rings (SSSR count). The van der Waals surface area contributed by atoms with Crippen LogP contribution >= 0.6 is 0 Å². The number of nitrogens with one attached hydrogen (secondary N) is 1. The van der Waals surface area contributed by atoms with E-state index in [1.807, 2.05) is 43.3 Å². The van der Waals surface area contributed by atoms with Crippen LogP contribution in [0.4, 0.5) is 5.69 Å². The summed E-state index contributed by atoms with van der Waals surface area (Å²) in [6.07, 6.45) is -0.600. The van der Waals surface area contributed by atoms with Crippen LogP contribution in [0.5, 0.6) is 11.5 Å². The van der Waals surface area contributed by atoms with Crippen molar-refractivity contribution in [3.05, 3.63) is 54.1 Å². The molecule has 0 saturated carbocycles. The Hall–Kier alpha value is -2.53. The molecule has 0 spiro atoms. The Labute approximate surface area is 161 Å². The number of anilines is 1. The molecule has 27 heavy (non-hydrogen) atoms. The lowest BCUT2D eigenvalue weighted by Crippen LogP contribution is -2.30. The average molecular weight is 371 g/mol. The molecule has 0 radical (unpaired) electrons. The van der Waals surface area contributed by atoms with Gasteiger partial charge in [-0.05, 0) is 61.7 Å². The van der Waals surface area contributed by atoms with Crippen molar-refractivity contribution in [3.8, 4) is 11.5 Å². The van der Waals surface area contributed by atoms with Crippen LogP contribution in [0.1, 0.15) is 39.2 Å². The van der Waals surface area contributed by atoms with Crippen molar-refractivity contribution in [2.45, 2.75) is 39.7 Å². The minimum atomic E-state index is -0.600. The first-order valence-electron chi connectivity index (χ1n) is 9.37. The second-order valence-corrected chi connectivity index (χ2v) is 6.54. The van der Waals surface area contributed by atoms with Crippen molar-refractivity contribution in [1.82, 2.24) is 0 Å². The first kappa shape index (κ1) is 20.8. The second-order valence-electron chi connectivity index (χ2n) is 6.54. The summed E-state index contributed by atoms with van der Waals surface area (Å²) in [5, 5.41) is 2.85. The van der Waals surface area contributed by atoms with E-state index in [0.717, 1.165) is 5.75 Å². The monoisotopic (exact) mass is 371 g/mol. The van der Waals surface area contributed by atoms with E-state index >= 15 is 0 Å². The number of carbonyl (C=O) groups excluding carboxylic acids is 1. The minimum Gasteiger partial charge on any atom is -0.491 e. The SMILES string of the molecule is CCOCCOc1ccc(NC(=O)C(C)Oc2ccc(C(C)C)cc2)cc1. The van der Waals surface area contributed by atoms with Crippen molar-refractivity contribution in [2.75, 3.05) is 25.1 Å². The second kappa shape index (κ2) is 10.6. The van der Waals surface area contributed by atoms with Gasteiger partial charge < -0.3 is 19.5 Å². The maximum absolute atomic E-state index is 12.3. The zero-order chi connectivity index (χ0) is 19.6. The number of hydrogen-bond acceptors (Lipinski definition) is 4. The highest BCUT2D eigenvalue weighted by Crippen LogP contribution is 2.20. The summed E-state index contributed by atoms with van der Waals surface area (Å²) < 4.78 is 16.5. The van der Waals surface area contributed by atoms with Gasteiger partial charge in [0.2, 0.25) is 0 Å². The van der Waals surface area contributed by atoms with Crippen LogP contribution in [0.25, 0.3) is 0 Å². The third-order valence-corrected chi connectivity index (χ3v) is 4.05. The van der Waals surface area contributed by atoms with E-state index < -0.39 is 6.10 Å². The quantitative estimate of drug-likeness (QED) is 0.619. The molecule has 146 valence electrons. The van der Waals surface area contributed by atoms with E-state index in [1.165, 1.54) is 5.56 Å². The topological polar surface area (TPSA) is 56.8 Å². The molecule has 0 fully saturated rings. The maximum Gasteiger partial charge on any atom is 0.265 e. The molecular weight excluding hydrogens is 342 g/mol. The standard InChI is InChI=1S/C22H29NO4/c1-5-25-14-15-26-20-12-8-19(9-13-20)23-22(24)17(4)27-21-10-6-18(7-11-21)16(2)3/h6-13,16-17H,5,14-15H2,1-4H3,(H,23,24). The number of carbonyl (C=O) groups is 1. The summed E-state index contributed by atoms with van der Waals surface area (Å²) in [5.41, 5.74) is 1.94. The Kier molecular flexibility index (Phi) is 8.14. The molecule has 0 aliphatic heterocycles. The molecular formula is C22H29NO4. The van der Waals surface area contributed by atoms with Gasteiger partial charge in [0, 0.05) is 12.3 Å². The van der Waals surface area contributed by atoms with E-state index in [1.54, 1.807) is 19.1 Å². The van der Waals surface area contributed by atoms with Gasteiger partial charge in [-0.25, -0.2) is 0 Å². The number of hydrogen-bond donors (Lipinski definition) is 1. The highest BCUT2D eigenvalue weighted by molar-refractivity contribution is 5.94. The average Bonchev–Trinajstić information content (AvgIpc) is 2.67. The van der Waals surface area contributed by atoms with Gasteiger partial charge in [0.05, 0.1) is 6.61 Å². The van der Waals surface area contributed by atoms with Crippen molar-refractivity contribution in [1.29, 1.82) is 0 Å². The van der Waals surface area contributed by atoms with E-state index in [-0.39, 0.29) is 5.91 Å². The molecule has 1 atom stereocenters. The lowest BCUT2D eigenvalue weighted by molar-refractivity contribution is -0.122. The van der Waals surface area contributed by atoms with Gasteiger partial charge in [0.15, 0.2) is 6.10 Å². The molecule has 0 aliphatic rings. The maximum atomic E-state index is 12.3. The normalized spacial score (nSPS) is 11.9. The highest BCUT2D eigenvalue weighted by Gasteiger charge is 2.15. The molecule has 1 N–H and O–H groups in total. The van der Waals surface area contributed by atoms with Crippen LogP contribution in [0.2, 0.25) is 0 Å². The largest absolute Gasteiger partial charge is 0.491 e. The van der Waals surface area contributed by atoms with Crippen molar-refractivity contribution in [2.24, 2.45) is 0 Å².